The number of benzene rings is 9. The monoisotopic (exact) mass is 1190 g/mol. The zero-order chi connectivity index (χ0) is 63.7. The van der Waals surface area contributed by atoms with Crippen molar-refractivity contribution in [2.45, 2.75) is 206 Å². The highest BCUT2D eigenvalue weighted by molar-refractivity contribution is 7.00. The van der Waals surface area contributed by atoms with E-state index in [4.69, 9.17) is 0 Å². The first kappa shape index (κ1) is 59.5. The van der Waals surface area contributed by atoms with Gasteiger partial charge in [-0.25, -0.2) is 0 Å². The van der Waals surface area contributed by atoms with Gasteiger partial charge in [0.15, 0.2) is 0 Å². The minimum absolute atomic E-state index is 0.00242. The number of fused-ring (bicyclic) bond motifs is 9. The summed E-state index contributed by atoms with van der Waals surface area (Å²) in [6.07, 6.45) is 9.19. The van der Waals surface area contributed by atoms with Gasteiger partial charge in [-0.15, -0.1) is 0 Å². The fraction of sp³-hybridized carbons (Fsp3) is 0.372. The fourth-order valence-corrected chi connectivity index (χ4v) is 17.8. The van der Waals surface area contributed by atoms with E-state index in [2.05, 4.69) is 318 Å². The molecule has 9 aromatic carbocycles. The summed E-state index contributed by atoms with van der Waals surface area (Å²) in [4.78, 5) is 10.9. The smallest absolute Gasteiger partial charge is 0.252 e. The maximum atomic E-state index is 2.87. The molecule has 2 atom stereocenters. The molecule has 2 unspecified atom stereocenters. The maximum Gasteiger partial charge on any atom is 0.252 e. The molecular weight excluding hydrogens is 1100 g/mol. The van der Waals surface area contributed by atoms with Crippen LogP contribution in [0.25, 0.3) is 11.1 Å². The molecule has 6 aliphatic rings. The maximum absolute atomic E-state index is 2.87. The lowest BCUT2D eigenvalue weighted by atomic mass is 9.33. The second kappa shape index (κ2) is 20.4. The first-order valence-electron chi connectivity index (χ1n) is 34.4. The molecule has 1 fully saturated rings. The third kappa shape index (κ3) is 9.18. The van der Waals surface area contributed by atoms with Crippen molar-refractivity contribution in [2.24, 2.45) is 0 Å². The zero-order valence-electron chi connectivity index (χ0n) is 57.4. The molecule has 462 valence electrons. The number of hydrogen-bond donors (Lipinski definition) is 0. The lowest BCUT2D eigenvalue weighted by Crippen LogP contribution is -2.62. The second-order valence-corrected chi connectivity index (χ2v) is 33.5. The van der Waals surface area contributed by atoms with E-state index in [1.807, 2.05) is 0 Å². The molecule has 0 aromatic heterocycles. The Morgan fingerprint density at radius 1 is 0.363 bits per heavy atom. The van der Waals surface area contributed by atoms with Gasteiger partial charge in [-0.1, -0.05) is 214 Å². The molecule has 15 rings (SSSR count). The van der Waals surface area contributed by atoms with E-state index >= 15 is 0 Å². The molecule has 0 N–H and O–H groups in total. The van der Waals surface area contributed by atoms with Gasteiger partial charge in [0.2, 0.25) is 0 Å². The summed E-state index contributed by atoms with van der Waals surface area (Å²) < 4.78 is 0. The lowest BCUT2D eigenvalue weighted by molar-refractivity contribution is 0.195. The molecule has 0 radical (unpaired) electrons. The van der Waals surface area contributed by atoms with Crippen molar-refractivity contribution in [3.63, 3.8) is 0 Å². The van der Waals surface area contributed by atoms with Gasteiger partial charge in [0.25, 0.3) is 6.71 Å². The van der Waals surface area contributed by atoms with Crippen LogP contribution in [0.5, 0.6) is 0 Å². The van der Waals surface area contributed by atoms with Gasteiger partial charge in [-0.2, -0.15) is 0 Å². The lowest BCUT2D eigenvalue weighted by Gasteiger charge is -2.51. The Kier molecular flexibility index (Phi) is 13.3. The predicted molar refractivity (Wildman–Crippen MR) is 391 cm³/mol. The topological polar surface area (TPSA) is 13.0 Å². The fourth-order valence-electron chi connectivity index (χ4n) is 17.8. The largest absolute Gasteiger partial charge is 0.334 e. The standard InChI is InChI=1S/C86H95BN4/c1-79(2,3)57-35-40-72(64(48-57)56-28-20-17-21-29-56)90-74-49-58(80(4,5)6)34-39-70(74)87-71-54-67-68(84(13,14)47-46-83(67,11)12)55-75(71)89(62-36-38-65-66(50-62)82(9,10)45-44-81(65,7)8)76-52-63(53-77(90)78(76)87)91-73-41-37-61(51-69(73)85(15)42-26-27-43-86(85,91)16)88(59-30-22-18-23-31-59)60-32-24-19-25-33-60/h17-25,28-41,48-55H,26-27,42-47H2,1-16H3. The van der Waals surface area contributed by atoms with Crippen molar-refractivity contribution in [3.8, 4) is 11.1 Å². The molecule has 5 heteroatoms. The normalized spacial score (nSPS) is 21.2. The molecule has 9 aromatic rings. The molecular formula is C86H95BN4. The van der Waals surface area contributed by atoms with Crippen LogP contribution in [0, 0.1) is 0 Å². The van der Waals surface area contributed by atoms with Gasteiger partial charge < -0.3 is 19.6 Å². The Morgan fingerprint density at radius 2 is 0.879 bits per heavy atom. The average molecular weight is 1200 g/mol. The Morgan fingerprint density at radius 3 is 1.49 bits per heavy atom. The van der Waals surface area contributed by atoms with Crippen LogP contribution in [0.2, 0.25) is 0 Å². The SMILES string of the molecule is CC(C)(C)c1ccc(N2c3cc(C(C)(C)C)ccc3B3c4cc5c(cc4N(c4ccc6c(c4)C(C)(C)CCC6(C)C)c4cc(N6c7ccc(N(c8ccccc8)c8ccccc8)cc7C7(C)CCCCC67C)cc2c43)C(C)(C)CCC5(C)C)c(-c2ccccc2)c1. The van der Waals surface area contributed by atoms with Crippen LogP contribution in [0.4, 0.5) is 62.6 Å². The highest BCUT2D eigenvalue weighted by Gasteiger charge is 2.59. The van der Waals surface area contributed by atoms with E-state index in [0.717, 1.165) is 43.5 Å². The molecule has 91 heavy (non-hydrogen) atoms. The molecule has 0 bridgehead atoms. The van der Waals surface area contributed by atoms with Crippen molar-refractivity contribution in [1.82, 2.24) is 0 Å². The molecule has 0 spiro atoms. The van der Waals surface area contributed by atoms with Crippen LogP contribution >= 0.6 is 0 Å². The quantitative estimate of drug-likeness (QED) is 0.147. The van der Waals surface area contributed by atoms with E-state index in [0.29, 0.717) is 0 Å². The number of hydrogen-bond acceptors (Lipinski definition) is 4. The summed E-state index contributed by atoms with van der Waals surface area (Å²) in [5, 5.41) is 0. The van der Waals surface area contributed by atoms with Crippen molar-refractivity contribution >= 4 is 85.7 Å². The van der Waals surface area contributed by atoms with Crippen molar-refractivity contribution in [1.29, 1.82) is 0 Å². The number of rotatable bonds is 7. The van der Waals surface area contributed by atoms with E-state index in [1.165, 1.54) is 137 Å². The molecule has 3 aliphatic carbocycles. The Labute approximate surface area is 545 Å². The summed E-state index contributed by atoms with van der Waals surface area (Å²) in [6, 6.07) is 74.3. The third-order valence-corrected chi connectivity index (χ3v) is 23.8. The van der Waals surface area contributed by atoms with E-state index in [9.17, 15) is 0 Å². The molecule has 0 saturated heterocycles. The van der Waals surface area contributed by atoms with E-state index in [-0.39, 0.29) is 50.2 Å². The second-order valence-electron chi connectivity index (χ2n) is 33.5. The van der Waals surface area contributed by atoms with Gasteiger partial charge >= 0.3 is 0 Å². The van der Waals surface area contributed by atoms with Gasteiger partial charge in [-0.05, 0) is 230 Å². The van der Waals surface area contributed by atoms with Gasteiger partial charge in [0.05, 0.1) is 11.2 Å². The Hall–Kier alpha value is -7.76. The first-order valence-corrected chi connectivity index (χ1v) is 34.4. The van der Waals surface area contributed by atoms with Gasteiger partial charge in [-0.3, -0.25) is 0 Å². The molecule has 4 nitrogen and oxygen atoms in total. The minimum Gasteiger partial charge on any atom is -0.334 e. The summed E-state index contributed by atoms with van der Waals surface area (Å²) >= 11 is 0. The van der Waals surface area contributed by atoms with Crippen LogP contribution in [0.15, 0.2) is 188 Å². The van der Waals surface area contributed by atoms with Crippen molar-refractivity contribution < 1.29 is 0 Å². The van der Waals surface area contributed by atoms with Gasteiger partial charge in [0.1, 0.15) is 0 Å². The summed E-state index contributed by atoms with van der Waals surface area (Å²) in [6.45, 7) is 39.5. The third-order valence-electron chi connectivity index (χ3n) is 23.8. The van der Waals surface area contributed by atoms with E-state index < -0.39 is 0 Å². The zero-order valence-corrected chi connectivity index (χ0v) is 57.4. The van der Waals surface area contributed by atoms with Crippen molar-refractivity contribution in [3.05, 3.63) is 227 Å². The molecule has 3 heterocycles. The first-order chi connectivity index (χ1) is 43.1. The summed E-state index contributed by atoms with van der Waals surface area (Å²) in [5.74, 6) is 0. The van der Waals surface area contributed by atoms with Gasteiger partial charge in [0, 0.05) is 67.9 Å². The number of nitrogens with zero attached hydrogens (tertiary/aromatic N) is 4. The predicted octanol–water partition coefficient (Wildman–Crippen LogP) is 21.9. The molecule has 0 amide bonds. The Balaban J connectivity index is 1.08. The summed E-state index contributed by atoms with van der Waals surface area (Å²) in [5.41, 5.74) is 29.8. The van der Waals surface area contributed by atoms with E-state index in [1.54, 1.807) is 0 Å². The highest BCUT2D eigenvalue weighted by Crippen LogP contribution is 2.63. The van der Waals surface area contributed by atoms with Crippen LogP contribution in [0.3, 0.4) is 0 Å². The van der Waals surface area contributed by atoms with Crippen LogP contribution in [-0.4, -0.2) is 12.3 Å². The minimum atomic E-state index is -0.259. The Bertz CT molecular complexity index is 4350. The van der Waals surface area contributed by atoms with Crippen LogP contribution in [-0.2, 0) is 37.9 Å². The van der Waals surface area contributed by atoms with Crippen LogP contribution in [0.1, 0.15) is 201 Å². The number of para-hydroxylation sites is 2. The highest BCUT2D eigenvalue weighted by atomic mass is 15.3. The van der Waals surface area contributed by atoms with Crippen LogP contribution < -0.4 is 36.0 Å². The summed E-state index contributed by atoms with van der Waals surface area (Å²) in [7, 11) is 0. The molecule has 3 aliphatic heterocycles. The van der Waals surface area contributed by atoms with Crippen molar-refractivity contribution in [2.75, 3.05) is 19.6 Å². The molecule has 1 saturated carbocycles. The number of anilines is 11. The average Bonchev–Trinajstić information content (AvgIpc) is 1.66.